The number of para-hydroxylation sites is 1. The zero-order valence-electron chi connectivity index (χ0n) is 16.8. The number of nitro groups is 1. The topological polar surface area (TPSA) is 110 Å². The van der Waals surface area contributed by atoms with Crippen LogP contribution in [0.4, 0.5) is 5.69 Å². The number of halogens is 1. The summed E-state index contributed by atoms with van der Waals surface area (Å²) in [5.41, 5.74) is 5.70. The van der Waals surface area contributed by atoms with E-state index in [1.165, 1.54) is 12.1 Å². The number of nitrogens with one attached hydrogen (secondary N) is 1. The summed E-state index contributed by atoms with van der Waals surface area (Å²) < 4.78 is 0. The molecule has 0 bridgehead atoms. The second-order valence-electron chi connectivity index (χ2n) is 6.87. The molecule has 0 aliphatic rings. The highest BCUT2D eigenvalue weighted by atomic mass is 35.5. The van der Waals surface area contributed by atoms with E-state index in [2.05, 4.69) is 20.5 Å². The summed E-state index contributed by atoms with van der Waals surface area (Å²) in [4.78, 5) is 32.2. The first-order chi connectivity index (χ1) is 15.4. The van der Waals surface area contributed by atoms with E-state index >= 15 is 0 Å². The molecule has 0 saturated heterocycles. The van der Waals surface area contributed by atoms with Gasteiger partial charge < -0.3 is 0 Å². The van der Waals surface area contributed by atoms with Crippen LogP contribution in [0.15, 0.2) is 78.2 Å². The van der Waals surface area contributed by atoms with Crippen LogP contribution in [0.2, 0.25) is 5.02 Å². The summed E-state index contributed by atoms with van der Waals surface area (Å²) in [5, 5.41) is 16.0. The van der Waals surface area contributed by atoms with Crippen molar-refractivity contribution in [1.82, 2.24) is 15.4 Å². The van der Waals surface area contributed by atoms with Gasteiger partial charge in [0, 0.05) is 35.0 Å². The smallest absolute Gasteiger partial charge is 0.267 e. The molecule has 1 N–H and O–H groups in total. The van der Waals surface area contributed by atoms with Crippen LogP contribution in [0, 0.1) is 10.1 Å². The van der Waals surface area contributed by atoms with E-state index in [-0.39, 0.29) is 10.7 Å². The van der Waals surface area contributed by atoms with Crippen molar-refractivity contribution in [3.8, 4) is 11.3 Å². The monoisotopic (exact) mass is 445 g/mol. The van der Waals surface area contributed by atoms with E-state index in [0.717, 1.165) is 5.56 Å². The Kier molecular flexibility index (Phi) is 5.87. The van der Waals surface area contributed by atoms with E-state index < -0.39 is 10.8 Å². The standard InChI is InChI=1S/C23H16ClN5O3/c1-14(16-6-7-19(24)22(12-16)29(31)32)27-28-23(30)18-13-21(15-8-10-25-11-9-15)26-20-5-3-2-4-17(18)20/h2-13H,1H3,(H,28,30)/b27-14+. The maximum Gasteiger partial charge on any atom is 0.288 e. The first kappa shape index (κ1) is 21.1. The number of carbonyl (C=O) groups excluding carboxylic acids is 1. The van der Waals surface area contributed by atoms with Gasteiger partial charge in [-0.3, -0.25) is 19.9 Å². The van der Waals surface area contributed by atoms with Crippen molar-refractivity contribution in [2.24, 2.45) is 5.10 Å². The third-order valence-electron chi connectivity index (χ3n) is 4.82. The lowest BCUT2D eigenvalue weighted by Gasteiger charge is -2.09. The Morgan fingerprint density at radius 1 is 1.09 bits per heavy atom. The highest BCUT2D eigenvalue weighted by Gasteiger charge is 2.16. The van der Waals surface area contributed by atoms with Crippen LogP contribution >= 0.6 is 11.6 Å². The largest absolute Gasteiger partial charge is 0.288 e. The van der Waals surface area contributed by atoms with Crippen LogP contribution in [0.25, 0.3) is 22.2 Å². The number of pyridine rings is 2. The number of benzene rings is 2. The molecule has 4 rings (SSSR count). The Hall–Kier alpha value is -4.17. The van der Waals surface area contributed by atoms with Crippen LogP contribution in [0.5, 0.6) is 0 Å². The first-order valence-electron chi connectivity index (χ1n) is 9.53. The molecule has 32 heavy (non-hydrogen) atoms. The fraction of sp³-hybridized carbons (Fsp3) is 0.0435. The third kappa shape index (κ3) is 4.30. The average molecular weight is 446 g/mol. The van der Waals surface area contributed by atoms with Crippen molar-refractivity contribution in [3.63, 3.8) is 0 Å². The molecule has 0 spiro atoms. The van der Waals surface area contributed by atoms with E-state index in [4.69, 9.17) is 11.6 Å². The van der Waals surface area contributed by atoms with Crippen molar-refractivity contribution >= 4 is 39.8 Å². The second-order valence-corrected chi connectivity index (χ2v) is 7.28. The summed E-state index contributed by atoms with van der Waals surface area (Å²) in [6, 6.07) is 17.0. The highest BCUT2D eigenvalue weighted by molar-refractivity contribution is 6.32. The van der Waals surface area contributed by atoms with Crippen LogP contribution < -0.4 is 5.43 Å². The molecular weight excluding hydrogens is 430 g/mol. The second kappa shape index (κ2) is 8.91. The molecule has 2 heterocycles. The molecule has 0 aliphatic heterocycles. The molecule has 9 heteroatoms. The Bertz CT molecular complexity index is 1370. The van der Waals surface area contributed by atoms with Gasteiger partial charge in [0.25, 0.3) is 11.6 Å². The molecule has 0 saturated carbocycles. The van der Waals surface area contributed by atoms with Crippen molar-refractivity contribution in [3.05, 3.63) is 99.3 Å². The van der Waals surface area contributed by atoms with Gasteiger partial charge in [-0.2, -0.15) is 5.10 Å². The molecule has 158 valence electrons. The molecule has 0 aliphatic carbocycles. The Balaban J connectivity index is 1.68. The summed E-state index contributed by atoms with van der Waals surface area (Å²) in [7, 11) is 0. The number of fused-ring (bicyclic) bond motifs is 1. The maximum absolute atomic E-state index is 13.0. The van der Waals surface area contributed by atoms with Gasteiger partial charge >= 0.3 is 0 Å². The molecule has 8 nitrogen and oxygen atoms in total. The lowest BCUT2D eigenvalue weighted by Crippen LogP contribution is -2.20. The zero-order chi connectivity index (χ0) is 22.7. The highest BCUT2D eigenvalue weighted by Crippen LogP contribution is 2.26. The minimum atomic E-state index is -0.568. The normalized spacial score (nSPS) is 11.4. The van der Waals surface area contributed by atoms with Crippen molar-refractivity contribution in [1.29, 1.82) is 0 Å². The van der Waals surface area contributed by atoms with E-state index in [0.29, 0.717) is 33.4 Å². The van der Waals surface area contributed by atoms with Gasteiger partial charge in [0.05, 0.1) is 27.4 Å². The Morgan fingerprint density at radius 2 is 1.84 bits per heavy atom. The van der Waals surface area contributed by atoms with Crippen LogP contribution in [0.1, 0.15) is 22.8 Å². The van der Waals surface area contributed by atoms with E-state index in [9.17, 15) is 14.9 Å². The predicted molar refractivity (Wildman–Crippen MR) is 123 cm³/mol. The molecule has 2 aromatic heterocycles. The number of hydrogen-bond donors (Lipinski definition) is 1. The predicted octanol–water partition coefficient (Wildman–Crippen LogP) is 5.01. The summed E-state index contributed by atoms with van der Waals surface area (Å²) in [6.07, 6.45) is 3.32. The van der Waals surface area contributed by atoms with Gasteiger partial charge in [-0.25, -0.2) is 10.4 Å². The molecule has 0 radical (unpaired) electrons. The number of amides is 1. The van der Waals surface area contributed by atoms with E-state index in [1.807, 2.05) is 36.4 Å². The van der Waals surface area contributed by atoms with Gasteiger partial charge in [-0.15, -0.1) is 0 Å². The number of carbonyl (C=O) groups is 1. The molecule has 0 unspecified atom stereocenters. The zero-order valence-corrected chi connectivity index (χ0v) is 17.6. The lowest BCUT2D eigenvalue weighted by atomic mass is 10.0. The van der Waals surface area contributed by atoms with Gasteiger partial charge in [0.1, 0.15) is 5.02 Å². The lowest BCUT2D eigenvalue weighted by molar-refractivity contribution is -0.384. The molecule has 1 amide bonds. The van der Waals surface area contributed by atoms with Crippen LogP contribution in [-0.4, -0.2) is 26.5 Å². The minimum Gasteiger partial charge on any atom is -0.267 e. The number of aromatic nitrogens is 2. The molecular formula is C23H16ClN5O3. The Labute approximate surface area is 187 Å². The summed E-state index contributed by atoms with van der Waals surface area (Å²) >= 11 is 5.86. The number of rotatable bonds is 5. The first-order valence-corrected chi connectivity index (χ1v) is 9.91. The Morgan fingerprint density at radius 3 is 2.59 bits per heavy atom. The molecule has 0 fully saturated rings. The summed E-state index contributed by atoms with van der Waals surface area (Å²) in [5.74, 6) is -0.429. The average Bonchev–Trinajstić information content (AvgIpc) is 2.82. The van der Waals surface area contributed by atoms with Crippen molar-refractivity contribution in [2.75, 3.05) is 0 Å². The van der Waals surface area contributed by atoms with Crippen LogP contribution in [-0.2, 0) is 0 Å². The number of hydrogen-bond acceptors (Lipinski definition) is 6. The molecule has 2 aromatic carbocycles. The van der Waals surface area contributed by atoms with Crippen molar-refractivity contribution < 1.29 is 9.72 Å². The quantitative estimate of drug-likeness (QED) is 0.263. The fourth-order valence-corrected chi connectivity index (χ4v) is 3.36. The number of hydrazone groups is 1. The minimum absolute atomic E-state index is 0.0301. The molecule has 0 atom stereocenters. The van der Waals surface area contributed by atoms with E-state index in [1.54, 1.807) is 31.5 Å². The summed E-state index contributed by atoms with van der Waals surface area (Å²) in [6.45, 7) is 1.64. The van der Waals surface area contributed by atoms with Crippen molar-refractivity contribution in [2.45, 2.75) is 6.92 Å². The number of nitrogens with zero attached hydrogens (tertiary/aromatic N) is 4. The van der Waals surface area contributed by atoms with Gasteiger partial charge in [0.15, 0.2) is 0 Å². The fourth-order valence-electron chi connectivity index (χ4n) is 3.17. The third-order valence-corrected chi connectivity index (χ3v) is 5.14. The number of nitro benzene ring substituents is 1. The van der Waals surface area contributed by atoms with Gasteiger partial charge in [-0.05, 0) is 37.3 Å². The molecule has 4 aromatic rings. The SMILES string of the molecule is C/C(=N\NC(=O)c1cc(-c2ccncc2)nc2ccccc12)c1ccc(Cl)c([N+](=O)[O-])c1. The van der Waals surface area contributed by atoms with Gasteiger partial charge in [0.2, 0.25) is 0 Å². The maximum atomic E-state index is 13.0. The van der Waals surface area contributed by atoms with Gasteiger partial charge in [-0.1, -0.05) is 35.9 Å². The van der Waals surface area contributed by atoms with Crippen LogP contribution in [0.3, 0.4) is 0 Å².